The van der Waals surface area contributed by atoms with Crippen molar-refractivity contribution in [2.45, 2.75) is 44.7 Å². The van der Waals surface area contributed by atoms with Gasteiger partial charge in [0, 0.05) is 29.5 Å². The van der Waals surface area contributed by atoms with E-state index in [4.69, 9.17) is 14.2 Å². The first-order chi connectivity index (χ1) is 21.2. The SMILES string of the molecule is Cc1ccc(-c2cc(C(F)(F)F)nn2-c2ccc(S(=O)(=O)NC(=O)C3CCN(n4on4OCOC(=O)C(C)C)CC3)cc2)cc1. The Labute approximate surface area is 255 Å². The Hall–Kier alpha value is -4.67. The van der Waals surface area contributed by atoms with Crippen molar-refractivity contribution in [2.24, 2.45) is 11.8 Å². The van der Waals surface area contributed by atoms with Gasteiger partial charge in [0.05, 0.1) is 22.2 Å². The second-order valence-electron chi connectivity index (χ2n) is 10.8. The number of halogens is 3. The summed E-state index contributed by atoms with van der Waals surface area (Å²) in [6.07, 6.45) is -4.05. The van der Waals surface area contributed by atoms with E-state index in [2.05, 4.69) is 9.82 Å². The Bertz CT molecular complexity index is 1740. The zero-order chi connectivity index (χ0) is 32.5. The third kappa shape index (κ3) is 7.35. The summed E-state index contributed by atoms with van der Waals surface area (Å²) in [4.78, 5) is 30.6. The standard InChI is InChI=1S/C28H31F3N6O7S/c1-18(2)27(39)42-17-43-37-36(44-37)34-14-12-21(13-15-34)26(38)33-45(40,41)23-10-8-22(9-11-23)35-24(16-25(32-35)28(29,30)31)20-6-4-19(3)5-7-20/h4-11,16,18,21H,12-15,17H2,1-3H3,(H,33,38). The van der Waals surface area contributed by atoms with E-state index in [1.54, 1.807) is 43.1 Å². The third-order valence-electron chi connectivity index (χ3n) is 7.15. The zero-order valence-corrected chi connectivity index (χ0v) is 25.3. The summed E-state index contributed by atoms with van der Waals surface area (Å²) in [5.41, 5.74) is 0.709. The Balaban J connectivity index is 1.20. The summed E-state index contributed by atoms with van der Waals surface area (Å²) >= 11 is 0. The quantitative estimate of drug-likeness (QED) is 0.201. The summed E-state index contributed by atoms with van der Waals surface area (Å²) in [6.45, 7) is 5.60. The maximum Gasteiger partial charge on any atom is 0.435 e. The molecule has 17 heteroatoms. The van der Waals surface area contributed by atoms with Crippen LogP contribution >= 0.6 is 0 Å². The van der Waals surface area contributed by atoms with Gasteiger partial charge in [-0.15, -0.1) is 0 Å². The molecule has 0 atom stereocenters. The average molecular weight is 653 g/mol. The highest BCUT2D eigenvalue weighted by molar-refractivity contribution is 7.90. The molecule has 0 radical (unpaired) electrons. The average Bonchev–Trinajstić information content (AvgIpc) is 3.62. The van der Waals surface area contributed by atoms with Crippen LogP contribution in [0.5, 0.6) is 0 Å². The smallest absolute Gasteiger partial charge is 0.425 e. The lowest BCUT2D eigenvalue weighted by Gasteiger charge is -2.28. The van der Waals surface area contributed by atoms with Crippen molar-refractivity contribution in [1.29, 1.82) is 0 Å². The summed E-state index contributed by atoms with van der Waals surface area (Å²) in [6, 6.07) is 12.9. The molecular weight excluding hydrogens is 621 g/mol. The van der Waals surface area contributed by atoms with Gasteiger partial charge in [0.1, 0.15) is 5.02 Å². The molecule has 13 nitrogen and oxygen atoms in total. The Morgan fingerprint density at radius 3 is 2.31 bits per heavy atom. The normalized spacial score (nSPS) is 14.6. The lowest BCUT2D eigenvalue weighted by Crippen LogP contribution is -2.45. The molecule has 0 saturated carbocycles. The monoisotopic (exact) mass is 652 g/mol. The first kappa shape index (κ1) is 31.7. The molecule has 2 aromatic carbocycles. The molecule has 2 aromatic heterocycles. The van der Waals surface area contributed by atoms with E-state index in [9.17, 15) is 31.2 Å². The minimum Gasteiger partial charge on any atom is -0.425 e. The number of piperidine rings is 1. The molecule has 242 valence electrons. The number of nitrogens with zero attached hydrogens (tertiary/aromatic N) is 5. The predicted molar refractivity (Wildman–Crippen MR) is 152 cm³/mol. The topological polar surface area (TPSA) is 143 Å². The fourth-order valence-electron chi connectivity index (χ4n) is 4.56. The molecule has 5 rings (SSSR count). The highest BCUT2D eigenvalue weighted by Gasteiger charge is 2.36. The van der Waals surface area contributed by atoms with E-state index < -0.39 is 39.7 Å². The molecule has 1 aliphatic heterocycles. The minimum absolute atomic E-state index is 0.176. The van der Waals surface area contributed by atoms with Crippen molar-refractivity contribution in [3.63, 3.8) is 0 Å². The fraction of sp³-hybridized carbons (Fsp3) is 0.393. The zero-order valence-electron chi connectivity index (χ0n) is 24.5. The van der Waals surface area contributed by atoms with Crippen LogP contribution in [0.4, 0.5) is 13.2 Å². The van der Waals surface area contributed by atoms with Gasteiger partial charge in [-0.1, -0.05) is 43.7 Å². The maximum absolute atomic E-state index is 13.5. The summed E-state index contributed by atoms with van der Waals surface area (Å²) in [5, 5.41) is 6.47. The number of hydrogen-bond acceptors (Lipinski definition) is 9. The number of aromatic nitrogens is 4. The molecule has 3 heterocycles. The van der Waals surface area contributed by atoms with Crippen molar-refractivity contribution in [1.82, 2.24) is 24.5 Å². The van der Waals surface area contributed by atoms with E-state index in [1.165, 1.54) is 29.2 Å². The number of aryl methyl sites for hydroxylation is 1. The number of hydrogen-bond donors (Lipinski definition) is 1. The van der Waals surface area contributed by atoms with Gasteiger partial charge in [0.15, 0.2) is 5.69 Å². The molecule has 0 unspecified atom stereocenters. The minimum atomic E-state index is -4.69. The lowest BCUT2D eigenvalue weighted by molar-refractivity contribution is -0.163. The largest absolute Gasteiger partial charge is 0.435 e. The van der Waals surface area contributed by atoms with Crippen molar-refractivity contribution in [3.8, 4) is 16.9 Å². The second kappa shape index (κ2) is 12.4. The first-order valence-corrected chi connectivity index (χ1v) is 15.5. The molecule has 1 fully saturated rings. The molecule has 1 saturated heterocycles. The van der Waals surface area contributed by atoms with Gasteiger partial charge in [-0.25, -0.2) is 17.8 Å². The van der Waals surface area contributed by atoms with Crippen LogP contribution in [0.25, 0.3) is 16.9 Å². The van der Waals surface area contributed by atoms with Crippen LogP contribution in [0.3, 0.4) is 0 Å². The Morgan fingerprint density at radius 1 is 1.07 bits per heavy atom. The molecule has 1 aliphatic rings. The number of carbonyl (C=O) groups excluding carboxylic acids is 2. The van der Waals surface area contributed by atoms with Gasteiger partial charge < -0.3 is 9.57 Å². The third-order valence-corrected chi connectivity index (χ3v) is 8.51. The van der Waals surface area contributed by atoms with E-state index in [0.717, 1.165) is 21.3 Å². The van der Waals surface area contributed by atoms with E-state index in [1.807, 2.05) is 6.92 Å². The number of nitrogens with one attached hydrogen (secondary N) is 1. The van der Waals surface area contributed by atoms with Gasteiger partial charge in [-0.05, 0) is 50.1 Å². The van der Waals surface area contributed by atoms with Gasteiger partial charge in [0.25, 0.3) is 16.8 Å². The number of esters is 1. The number of benzene rings is 2. The Morgan fingerprint density at radius 2 is 1.71 bits per heavy atom. The number of carbonyl (C=O) groups is 2. The van der Waals surface area contributed by atoms with Gasteiger partial charge in [0.2, 0.25) is 5.91 Å². The molecular formula is C28H31F3N6O7S. The maximum atomic E-state index is 13.5. The predicted octanol–water partition coefficient (Wildman–Crippen LogP) is 3.50. The second-order valence-corrected chi connectivity index (χ2v) is 12.5. The van der Waals surface area contributed by atoms with Crippen molar-refractivity contribution in [3.05, 3.63) is 65.9 Å². The summed E-state index contributed by atoms with van der Waals surface area (Å²) in [5.74, 6) is -2.00. The van der Waals surface area contributed by atoms with Crippen LogP contribution in [0.1, 0.15) is 37.9 Å². The van der Waals surface area contributed by atoms with E-state index in [-0.39, 0.29) is 29.0 Å². The number of sulfonamides is 1. The van der Waals surface area contributed by atoms with Crippen LogP contribution in [0, 0.1) is 18.8 Å². The highest BCUT2D eigenvalue weighted by Crippen LogP contribution is 2.33. The van der Waals surface area contributed by atoms with E-state index in [0.29, 0.717) is 31.5 Å². The number of amides is 1. The molecule has 0 spiro atoms. The molecule has 0 bridgehead atoms. The molecule has 4 aromatic rings. The van der Waals surface area contributed by atoms with Crippen LogP contribution in [0.2, 0.25) is 0 Å². The Kier molecular flexibility index (Phi) is 8.73. The summed E-state index contributed by atoms with van der Waals surface area (Å²) in [7, 11) is -4.27. The number of rotatable bonds is 10. The van der Waals surface area contributed by atoms with Crippen LogP contribution < -0.4 is 14.6 Å². The molecule has 0 aliphatic carbocycles. The van der Waals surface area contributed by atoms with Gasteiger partial charge in [-0.3, -0.25) is 14.6 Å². The van der Waals surface area contributed by atoms with E-state index >= 15 is 0 Å². The van der Waals surface area contributed by atoms with Crippen LogP contribution in [0.15, 0.2) is 64.1 Å². The number of alkyl halides is 3. The molecule has 1 N–H and O–H groups in total. The van der Waals surface area contributed by atoms with Crippen LogP contribution in [-0.4, -0.2) is 59.9 Å². The van der Waals surface area contributed by atoms with Crippen molar-refractivity contribution in [2.75, 3.05) is 24.9 Å². The van der Waals surface area contributed by atoms with Crippen LogP contribution in [-0.2, 0) is 30.5 Å². The van der Waals surface area contributed by atoms with Crippen molar-refractivity contribution >= 4 is 21.9 Å². The molecule has 1 amide bonds. The highest BCUT2D eigenvalue weighted by atomic mass is 32.2. The lowest BCUT2D eigenvalue weighted by atomic mass is 9.97. The fourth-order valence-corrected chi connectivity index (χ4v) is 5.60. The van der Waals surface area contributed by atoms with Gasteiger partial charge >= 0.3 is 12.1 Å². The van der Waals surface area contributed by atoms with Gasteiger partial charge in [-0.2, -0.15) is 22.9 Å². The molecule has 45 heavy (non-hydrogen) atoms. The number of ether oxygens (including phenoxy) is 1. The summed E-state index contributed by atoms with van der Waals surface area (Å²) < 4.78 is 79.8. The first-order valence-electron chi connectivity index (χ1n) is 14.0. The van der Waals surface area contributed by atoms with Crippen molar-refractivity contribution < 1.29 is 45.4 Å².